The van der Waals surface area contributed by atoms with Crippen molar-refractivity contribution in [2.24, 2.45) is 0 Å². The number of nitrogens with one attached hydrogen (secondary N) is 1. The topological polar surface area (TPSA) is 126 Å². The summed E-state index contributed by atoms with van der Waals surface area (Å²) in [7, 11) is -1.23. The van der Waals surface area contributed by atoms with Crippen LogP contribution in [0.1, 0.15) is 22.5 Å². The van der Waals surface area contributed by atoms with Crippen molar-refractivity contribution in [3.05, 3.63) is 155 Å². The summed E-state index contributed by atoms with van der Waals surface area (Å²) in [5.41, 5.74) is 4.36. The first-order chi connectivity index (χ1) is 29.0. The molecule has 0 aliphatic heterocycles. The maximum Gasteiger partial charge on any atom is 0.324 e. The Morgan fingerprint density at radius 2 is 1.23 bits per heavy atom. The van der Waals surface area contributed by atoms with Crippen molar-refractivity contribution in [3.63, 3.8) is 0 Å². The van der Waals surface area contributed by atoms with Crippen LogP contribution in [-0.4, -0.2) is 54.6 Å². The van der Waals surface area contributed by atoms with Gasteiger partial charge in [0.05, 0.1) is 22.2 Å². The highest BCUT2D eigenvalue weighted by molar-refractivity contribution is 6.76. The summed E-state index contributed by atoms with van der Waals surface area (Å²) in [4.78, 5) is 16.9. The minimum Gasteiger partial charge on any atom is -0.421 e. The number of hydrogen-bond acceptors (Lipinski definition) is 9. The van der Waals surface area contributed by atoms with Crippen molar-refractivity contribution in [2.75, 3.05) is 6.61 Å². The zero-order valence-electron chi connectivity index (χ0n) is 33.1. The van der Waals surface area contributed by atoms with Crippen molar-refractivity contribution in [1.29, 1.82) is 0 Å². The molecule has 0 aliphatic carbocycles. The highest BCUT2D eigenvalue weighted by atomic mass is 35.5. The number of rotatable bonds is 13. The molecule has 0 spiro atoms. The molecule has 0 bridgehead atoms. The minimum atomic E-state index is -1.23. The Labute approximate surface area is 355 Å². The van der Waals surface area contributed by atoms with Gasteiger partial charge >= 0.3 is 12.0 Å². The Balaban J connectivity index is 0.000000207. The Morgan fingerprint density at radius 1 is 0.672 bits per heavy atom. The van der Waals surface area contributed by atoms with Crippen LogP contribution in [0.5, 0.6) is 23.5 Å². The molecule has 0 aliphatic rings. The molecule has 8 aromatic rings. The number of aromatic amines is 1. The van der Waals surface area contributed by atoms with Gasteiger partial charge in [0.15, 0.2) is 34.4 Å². The molecule has 61 heavy (non-hydrogen) atoms. The average molecular weight is 867 g/mol. The highest BCUT2D eigenvalue weighted by Gasteiger charge is 2.17. The molecule has 4 aromatic carbocycles. The van der Waals surface area contributed by atoms with E-state index in [-0.39, 0.29) is 42.7 Å². The molecule has 0 radical (unpaired) electrons. The number of H-pyrrole nitrogens is 1. The van der Waals surface area contributed by atoms with Crippen molar-refractivity contribution in [2.45, 2.75) is 32.4 Å². The van der Waals surface area contributed by atoms with Gasteiger partial charge in [0.2, 0.25) is 0 Å². The molecule has 0 atom stereocenters. The number of aromatic nitrogens is 8. The zero-order chi connectivity index (χ0) is 42.1. The number of benzene rings is 4. The van der Waals surface area contributed by atoms with Gasteiger partial charge in [0, 0.05) is 39.2 Å². The summed E-state index contributed by atoms with van der Waals surface area (Å²) in [6, 6.07) is 26.6. The molecule has 11 nitrogen and oxygen atoms in total. The van der Waals surface area contributed by atoms with Crippen LogP contribution < -0.4 is 9.47 Å². The molecule has 8 rings (SSSR count). The van der Waals surface area contributed by atoms with Crippen LogP contribution in [0.25, 0.3) is 46.4 Å². The summed E-state index contributed by atoms with van der Waals surface area (Å²) in [6.45, 7) is 7.70. The maximum atomic E-state index is 14.0. The van der Waals surface area contributed by atoms with Crippen LogP contribution in [0.2, 0.25) is 25.7 Å². The fourth-order valence-corrected chi connectivity index (χ4v) is 6.29. The van der Waals surface area contributed by atoms with Gasteiger partial charge in [-0.25, -0.2) is 32.2 Å². The largest absolute Gasteiger partial charge is 0.421 e. The average Bonchev–Trinajstić information content (AvgIpc) is 3.80. The van der Waals surface area contributed by atoms with E-state index in [0.717, 1.165) is 47.1 Å². The van der Waals surface area contributed by atoms with Crippen LogP contribution in [0, 0.1) is 23.3 Å². The number of fused-ring (bicyclic) bond motifs is 2. The van der Waals surface area contributed by atoms with Crippen molar-refractivity contribution in [3.8, 4) is 23.5 Å². The first-order valence-corrected chi connectivity index (χ1v) is 22.4. The van der Waals surface area contributed by atoms with Crippen LogP contribution in [0.4, 0.5) is 17.6 Å². The van der Waals surface area contributed by atoms with E-state index in [1.54, 1.807) is 10.9 Å². The van der Waals surface area contributed by atoms with Crippen molar-refractivity contribution in [1.82, 2.24) is 39.9 Å². The lowest BCUT2D eigenvalue weighted by molar-refractivity contribution is 0.0811. The van der Waals surface area contributed by atoms with E-state index in [1.165, 1.54) is 18.3 Å². The molecule has 0 saturated heterocycles. The van der Waals surface area contributed by atoms with Gasteiger partial charge in [0.25, 0.3) is 0 Å². The number of hydrogen-bond donors (Lipinski definition) is 1. The number of ether oxygens (including phenoxy) is 3. The minimum absolute atomic E-state index is 0. The fourth-order valence-electron chi connectivity index (χ4n) is 5.54. The third-order valence-electron chi connectivity index (χ3n) is 8.69. The molecule has 312 valence electrons. The predicted octanol–water partition coefficient (Wildman–Crippen LogP) is 11.4. The van der Waals surface area contributed by atoms with E-state index in [9.17, 15) is 17.6 Å². The molecule has 0 fully saturated rings. The van der Waals surface area contributed by atoms with Gasteiger partial charge in [-0.2, -0.15) is 20.2 Å². The Morgan fingerprint density at radius 3 is 1.80 bits per heavy atom. The molecular weight excluding hydrogens is 828 g/mol. The van der Waals surface area contributed by atoms with Crippen LogP contribution in [0.15, 0.2) is 109 Å². The molecule has 4 aromatic heterocycles. The molecule has 17 heteroatoms. The van der Waals surface area contributed by atoms with E-state index >= 15 is 0 Å². The second-order valence-electron chi connectivity index (χ2n) is 14.5. The van der Waals surface area contributed by atoms with Gasteiger partial charge in [-0.3, -0.25) is 5.10 Å². The van der Waals surface area contributed by atoms with Crippen LogP contribution >= 0.6 is 12.4 Å². The summed E-state index contributed by atoms with van der Waals surface area (Å²) >= 11 is 0. The Kier molecular flexibility index (Phi) is 14.4. The third-order valence-corrected chi connectivity index (χ3v) is 10.4. The normalized spacial score (nSPS) is 11.5. The first-order valence-electron chi connectivity index (χ1n) is 18.7. The standard InChI is InChI=1S/C25H26F2N4O2Si.C19H12F2N4O.ClH/c1-34(2,3)14-13-32-17-31-24-20(22(30-31)11-9-18-7-5-4-6-8-18)16-28-25(29-24)33-23-12-10-19(26)15-21(23)27;20-13-7-9-17(15(21)10-13)26-19-22-11-14-16(24-25-18(14)23-19)8-6-12-4-2-1-3-5-12;/h4-12,15-16H,13-14,17H2,1-3H3;1-11H,(H,22,23,24,25);1H/b11-9+;8-6+;. The monoisotopic (exact) mass is 866 g/mol. The quantitative estimate of drug-likeness (QED) is 0.0685. The summed E-state index contributed by atoms with van der Waals surface area (Å²) in [5, 5.41) is 13.0. The van der Waals surface area contributed by atoms with Crippen LogP contribution in [0.3, 0.4) is 0 Å². The first kappa shape index (κ1) is 43.8. The maximum absolute atomic E-state index is 14.0. The lowest BCUT2D eigenvalue weighted by Crippen LogP contribution is -2.22. The van der Waals surface area contributed by atoms with Gasteiger partial charge in [0.1, 0.15) is 18.4 Å². The fraction of sp³-hybridized carbons (Fsp3) is 0.136. The molecule has 4 heterocycles. The van der Waals surface area contributed by atoms with Crippen molar-refractivity contribution < 1.29 is 31.8 Å². The lowest BCUT2D eigenvalue weighted by Gasteiger charge is -2.15. The van der Waals surface area contributed by atoms with E-state index < -0.39 is 31.3 Å². The summed E-state index contributed by atoms with van der Waals surface area (Å²) in [5.74, 6) is -3.37. The van der Waals surface area contributed by atoms with Gasteiger partial charge in [-0.05, 0) is 53.6 Å². The SMILES string of the molecule is C[Si](C)(C)CCOCn1nc(/C=C/c2ccccc2)c2cnc(Oc3ccc(F)cc3F)nc21.Cl.Fc1ccc(Oc2ncc3c(/C=C/c4ccccc4)[nH]nc3n2)c(F)c1. The third kappa shape index (κ3) is 11.9. The molecular formula is C44H39ClF4N8O3Si. The van der Waals surface area contributed by atoms with Gasteiger partial charge in [-0.15, -0.1) is 12.4 Å². The van der Waals surface area contributed by atoms with E-state index in [2.05, 4.69) is 54.9 Å². The highest BCUT2D eigenvalue weighted by Crippen LogP contribution is 2.27. The second kappa shape index (κ2) is 20.0. The zero-order valence-corrected chi connectivity index (χ0v) is 34.9. The molecule has 1 N–H and O–H groups in total. The number of nitrogens with zero attached hydrogens (tertiary/aromatic N) is 7. The van der Waals surface area contributed by atoms with E-state index in [1.807, 2.05) is 85.0 Å². The molecule has 0 unspecified atom stereocenters. The van der Waals surface area contributed by atoms with Crippen LogP contribution in [-0.2, 0) is 11.5 Å². The molecule has 0 amide bonds. The lowest BCUT2D eigenvalue weighted by atomic mass is 10.2. The van der Waals surface area contributed by atoms with Crippen molar-refractivity contribution >= 4 is 66.9 Å². The molecule has 0 saturated carbocycles. The van der Waals surface area contributed by atoms with E-state index in [4.69, 9.17) is 14.2 Å². The van der Waals surface area contributed by atoms with Gasteiger partial charge in [-0.1, -0.05) is 92.5 Å². The number of halogens is 5. The smallest absolute Gasteiger partial charge is 0.324 e. The van der Waals surface area contributed by atoms with Gasteiger partial charge < -0.3 is 14.2 Å². The Bertz CT molecular complexity index is 2780. The summed E-state index contributed by atoms with van der Waals surface area (Å²) < 4.78 is 72.1. The predicted molar refractivity (Wildman–Crippen MR) is 232 cm³/mol. The Hall–Kier alpha value is -6.75. The van der Waals surface area contributed by atoms with E-state index in [0.29, 0.717) is 34.4 Å². The summed E-state index contributed by atoms with van der Waals surface area (Å²) in [6.07, 6.45) is 10.8. The second-order valence-corrected chi connectivity index (χ2v) is 20.1.